The molecule has 3 aliphatic rings. The maximum absolute atomic E-state index is 13.7. The molecule has 2 aromatic rings. The highest BCUT2D eigenvalue weighted by atomic mass is 32.2. The lowest BCUT2D eigenvalue weighted by Gasteiger charge is -2.36. The molecule has 2 saturated heterocycles. The van der Waals surface area contributed by atoms with Crippen LogP contribution in [-0.4, -0.2) is 62.8 Å². The molecule has 0 radical (unpaired) electrons. The van der Waals surface area contributed by atoms with Crippen molar-refractivity contribution in [1.29, 1.82) is 0 Å². The van der Waals surface area contributed by atoms with E-state index in [1.807, 2.05) is 19.1 Å². The number of hydrogen-bond donors (Lipinski definition) is 3. The molecule has 3 aliphatic heterocycles. The van der Waals surface area contributed by atoms with Crippen LogP contribution in [0.1, 0.15) is 54.8 Å². The Labute approximate surface area is 224 Å². The second kappa shape index (κ2) is 11.0. The average Bonchev–Trinajstić information content (AvgIpc) is 2.91. The lowest BCUT2D eigenvalue weighted by molar-refractivity contribution is -0.131. The summed E-state index contributed by atoms with van der Waals surface area (Å²) in [6, 6.07) is 12.1. The summed E-state index contributed by atoms with van der Waals surface area (Å²) in [4.78, 5) is 26.8. The van der Waals surface area contributed by atoms with E-state index in [2.05, 4.69) is 26.9 Å². The fourth-order valence-electron chi connectivity index (χ4n) is 5.57. The minimum atomic E-state index is -4.22. The standard InChI is InChI=1S/C28H36N4O5S/c1-20-5-8-22(9-6-20)38(35,36)28(27(34)29-12-13-30-28)18-26(33)31-24-11-16-37-25-17-21(7-10-23(24)25)19-32-14-3-2-4-15-32/h5-10,17,24,30H,2-4,11-16,18-19H2,1H3,(H,29,34)(H,31,33)/t24-,28-/m1/s1. The summed E-state index contributed by atoms with van der Waals surface area (Å²) in [6.07, 6.45) is 3.76. The zero-order chi connectivity index (χ0) is 26.8. The van der Waals surface area contributed by atoms with Crippen molar-refractivity contribution < 1.29 is 22.7 Å². The number of ether oxygens (including phenoxy) is 1. The fourth-order valence-corrected chi connectivity index (χ4v) is 7.39. The van der Waals surface area contributed by atoms with Crippen LogP contribution < -0.4 is 20.7 Å². The minimum Gasteiger partial charge on any atom is -0.493 e. The lowest BCUT2D eigenvalue weighted by Crippen LogP contribution is -2.68. The van der Waals surface area contributed by atoms with Gasteiger partial charge in [-0.15, -0.1) is 0 Å². The van der Waals surface area contributed by atoms with E-state index in [4.69, 9.17) is 4.74 Å². The molecule has 0 aromatic heterocycles. The van der Waals surface area contributed by atoms with Gasteiger partial charge in [0.15, 0.2) is 0 Å². The first kappa shape index (κ1) is 26.6. The van der Waals surface area contributed by atoms with Gasteiger partial charge >= 0.3 is 0 Å². The third-order valence-corrected chi connectivity index (χ3v) is 9.98. The van der Waals surface area contributed by atoms with Gasteiger partial charge in [-0.25, -0.2) is 8.42 Å². The highest BCUT2D eigenvalue weighted by Crippen LogP contribution is 2.34. The predicted molar refractivity (Wildman–Crippen MR) is 143 cm³/mol. The van der Waals surface area contributed by atoms with E-state index < -0.39 is 32.9 Å². The Morgan fingerprint density at radius 2 is 1.87 bits per heavy atom. The van der Waals surface area contributed by atoms with Gasteiger partial charge in [0.1, 0.15) is 5.75 Å². The quantitative estimate of drug-likeness (QED) is 0.493. The maximum atomic E-state index is 13.7. The smallest absolute Gasteiger partial charge is 0.257 e. The molecule has 2 aromatic carbocycles. The zero-order valence-electron chi connectivity index (χ0n) is 21.8. The normalized spacial score (nSPS) is 24.1. The molecule has 3 N–H and O–H groups in total. The SMILES string of the molecule is Cc1ccc(S(=O)(=O)[C@@]2(CC(=O)N[C@@H]3CCOc4cc(CN5CCCCC5)ccc43)NCCNC2=O)cc1. The number of piperidine rings is 1. The van der Waals surface area contributed by atoms with Crippen LogP contribution in [0.4, 0.5) is 0 Å². The van der Waals surface area contributed by atoms with Crippen LogP contribution in [0.25, 0.3) is 0 Å². The van der Waals surface area contributed by atoms with E-state index in [-0.39, 0.29) is 17.5 Å². The Bertz CT molecular complexity index is 1290. The number of sulfone groups is 1. The van der Waals surface area contributed by atoms with Crippen LogP contribution >= 0.6 is 0 Å². The van der Waals surface area contributed by atoms with Crippen molar-refractivity contribution >= 4 is 21.7 Å². The van der Waals surface area contributed by atoms with Gasteiger partial charge in [0.25, 0.3) is 5.91 Å². The Hall–Kier alpha value is -2.95. The molecule has 0 aliphatic carbocycles. The van der Waals surface area contributed by atoms with Crippen LogP contribution in [0.2, 0.25) is 0 Å². The van der Waals surface area contributed by atoms with Gasteiger partial charge in [-0.2, -0.15) is 0 Å². The summed E-state index contributed by atoms with van der Waals surface area (Å²) >= 11 is 0. The second-order valence-electron chi connectivity index (χ2n) is 10.5. The van der Waals surface area contributed by atoms with Crippen LogP contribution in [0.15, 0.2) is 47.4 Å². The summed E-state index contributed by atoms with van der Waals surface area (Å²) < 4.78 is 33.4. The van der Waals surface area contributed by atoms with E-state index in [9.17, 15) is 18.0 Å². The second-order valence-corrected chi connectivity index (χ2v) is 12.6. The maximum Gasteiger partial charge on any atom is 0.257 e. The Morgan fingerprint density at radius 1 is 1.11 bits per heavy atom. The number of nitrogens with one attached hydrogen (secondary N) is 3. The van der Waals surface area contributed by atoms with Crippen LogP contribution in [0, 0.1) is 6.92 Å². The molecule has 0 unspecified atom stereocenters. The predicted octanol–water partition coefficient (Wildman–Crippen LogP) is 2.20. The number of fused-ring (bicyclic) bond motifs is 1. The highest BCUT2D eigenvalue weighted by molar-refractivity contribution is 7.93. The molecule has 2 atom stereocenters. The van der Waals surface area contributed by atoms with E-state index in [0.717, 1.165) is 36.5 Å². The molecule has 0 spiro atoms. The Kier molecular flexibility index (Phi) is 7.74. The molecule has 5 rings (SSSR count). The van der Waals surface area contributed by atoms with Gasteiger partial charge in [0.05, 0.1) is 24.0 Å². The fraction of sp³-hybridized carbons (Fsp3) is 0.500. The number of aryl methyl sites for hydroxylation is 1. The number of hydrogen-bond acceptors (Lipinski definition) is 7. The van der Waals surface area contributed by atoms with Gasteiger partial charge in [-0.3, -0.25) is 19.8 Å². The number of likely N-dealkylation sites (tertiary alicyclic amines) is 1. The molecule has 10 heteroatoms. The highest BCUT2D eigenvalue weighted by Gasteiger charge is 2.54. The Morgan fingerprint density at radius 3 is 2.61 bits per heavy atom. The van der Waals surface area contributed by atoms with E-state index >= 15 is 0 Å². The van der Waals surface area contributed by atoms with Gasteiger partial charge in [0.2, 0.25) is 20.6 Å². The summed E-state index contributed by atoms with van der Waals surface area (Å²) in [5.41, 5.74) is 2.93. The molecule has 3 heterocycles. The van der Waals surface area contributed by atoms with Crippen LogP contribution in [-0.2, 0) is 26.0 Å². The lowest BCUT2D eigenvalue weighted by atomic mass is 9.97. The monoisotopic (exact) mass is 540 g/mol. The van der Waals surface area contributed by atoms with Crippen molar-refractivity contribution in [2.75, 3.05) is 32.8 Å². The number of amides is 2. The molecule has 2 fully saturated rings. The average molecular weight is 541 g/mol. The molecule has 204 valence electrons. The van der Waals surface area contributed by atoms with Crippen LogP contribution in [0.5, 0.6) is 5.75 Å². The number of nitrogens with zero attached hydrogens (tertiary/aromatic N) is 1. The molecule has 9 nitrogen and oxygen atoms in total. The number of carbonyl (C=O) groups excluding carboxylic acids is 2. The molecule has 0 saturated carbocycles. The molecule has 2 amide bonds. The summed E-state index contributed by atoms with van der Waals surface area (Å²) in [7, 11) is -4.22. The van der Waals surface area contributed by atoms with Gasteiger partial charge < -0.3 is 15.4 Å². The third kappa shape index (κ3) is 5.30. The zero-order valence-corrected chi connectivity index (χ0v) is 22.6. The first-order valence-corrected chi connectivity index (χ1v) is 14.9. The number of rotatable bonds is 7. The summed E-state index contributed by atoms with van der Waals surface area (Å²) in [5.74, 6) is -0.485. The van der Waals surface area contributed by atoms with Crippen molar-refractivity contribution in [3.8, 4) is 5.75 Å². The molecule has 0 bridgehead atoms. The third-order valence-electron chi connectivity index (χ3n) is 7.69. The van der Waals surface area contributed by atoms with Gasteiger partial charge in [0, 0.05) is 31.6 Å². The number of carbonyl (C=O) groups is 2. The van der Waals surface area contributed by atoms with Crippen molar-refractivity contribution in [3.63, 3.8) is 0 Å². The van der Waals surface area contributed by atoms with Crippen LogP contribution in [0.3, 0.4) is 0 Å². The van der Waals surface area contributed by atoms with Crippen molar-refractivity contribution in [3.05, 3.63) is 59.2 Å². The van der Waals surface area contributed by atoms with Gasteiger partial charge in [-0.1, -0.05) is 36.2 Å². The Balaban J connectivity index is 1.34. The molecular formula is C28H36N4O5S. The van der Waals surface area contributed by atoms with E-state index in [1.54, 1.807) is 12.1 Å². The van der Waals surface area contributed by atoms with Crippen molar-refractivity contribution in [2.45, 2.75) is 61.4 Å². The molecule has 38 heavy (non-hydrogen) atoms. The summed E-state index contributed by atoms with van der Waals surface area (Å²) in [5, 5.41) is 8.51. The number of benzene rings is 2. The number of piperazine rings is 1. The van der Waals surface area contributed by atoms with Crippen molar-refractivity contribution in [1.82, 2.24) is 20.9 Å². The van der Waals surface area contributed by atoms with Gasteiger partial charge in [-0.05, 0) is 56.6 Å². The topological polar surface area (TPSA) is 117 Å². The van der Waals surface area contributed by atoms with E-state index in [1.165, 1.54) is 37.0 Å². The summed E-state index contributed by atoms with van der Waals surface area (Å²) in [6.45, 7) is 5.90. The van der Waals surface area contributed by atoms with E-state index in [0.29, 0.717) is 19.6 Å². The largest absolute Gasteiger partial charge is 0.493 e. The first-order chi connectivity index (χ1) is 18.3. The first-order valence-electron chi connectivity index (χ1n) is 13.4. The van der Waals surface area contributed by atoms with Crippen molar-refractivity contribution in [2.24, 2.45) is 0 Å². The molecular weight excluding hydrogens is 504 g/mol. The minimum absolute atomic E-state index is 0.00176.